The number of aromatic nitrogens is 1. The molecular weight excluding hydrogens is 330 g/mol. The monoisotopic (exact) mass is 349 g/mol. The van der Waals surface area contributed by atoms with Gasteiger partial charge in [-0.1, -0.05) is 24.3 Å². The number of amides is 2. The Morgan fingerprint density at radius 3 is 3.00 bits per heavy atom. The van der Waals surface area contributed by atoms with Crippen LogP contribution < -0.4 is 15.4 Å². The zero-order valence-corrected chi connectivity index (χ0v) is 14.2. The molecule has 1 aromatic heterocycles. The van der Waals surface area contributed by atoms with E-state index in [9.17, 15) is 9.59 Å². The predicted molar refractivity (Wildman–Crippen MR) is 99.3 cm³/mol. The molecule has 6 nitrogen and oxygen atoms in total. The maximum Gasteiger partial charge on any atom is 0.262 e. The first-order valence-corrected chi connectivity index (χ1v) is 8.56. The third-order valence-corrected chi connectivity index (χ3v) is 4.43. The highest BCUT2D eigenvalue weighted by molar-refractivity contribution is 5.95. The SMILES string of the molecule is O=C(Cc1ccc2c(c1)NC(=O)CO2)NCCc1c[nH]c2ccccc12. The number of H-pyrrole nitrogens is 1. The number of hydrogen-bond acceptors (Lipinski definition) is 3. The highest BCUT2D eigenvalue weighted by Crippen LogP contribution is 2.28. The summed E-state index contributed by atoms with van der Waals surface area (Å²) in [7, 11) is 0. The average molecular weight is 349 g/mol. The smallest absolute Gasteiger partial charge is 0.262 e. The summed E-state index contributed by atoms with van der Waals surface area (Å²) in [5.41, 5.74) is 3.74. The van der Waals surface area contributed by atoms with Gasteiger partial charge in [0.25, 0.3) is 5.91 Å². The Kier molecular flexibility index (Phi) is 4.31. The van der Waals surface area contributed by atoms with E-state index in [0.29, 0.717) is 18.0 Å². The standard InChI is InChI=1S/C20H19N3O3/c24-19(10-13-5-6-18-17(9-13)23-20(25)12-26-18)21-8-7-14-11-22-16-4-2-1-3-15(14)16/h1-6,9,11,22H,7-8,10,12H2,(H,21,24)(H,23,25). The lowest BCUT2D eigenvalue weighted by Gasteiger charge is -2.18. The molecule has 0 unspecified atom stereocenters. The molecule has 1 aliphatic heterocycles. The fraction of sp³-hybridized carbons (Fsp3) is 0.200. The molecule has 2 amide bonds. The molecule has 132 valence electrons. The number of benzene rings is 2. The molecule has 0 spiro atoms. The predicted octanol–water partition coefficient (Wildman–Crippen LogP) is 2.40. The molecule has 26 heavy (non-hydrogen) atoms. The van der Waals surface area contributed by atoms with E-state index in [1.807, 2.05) is 30.5 Å². The summed E-state index contributed by atoms with van der Waals surface area (Å²) in [4.78, 5) is 26.8. The van der Waals surface area contributed by atoms with Gasteiger partial charge in [-0.3, -0.25) is 9.59 Å². The number of carbonyl (C=O) groups is 2. The van der Waals surface area contributed by atoms with Gasteiger partial charge in [0, 0.05) is 23.6 Å². The minimum absolute atomic E-state index is 0.0284. The van der Waals surface area contributed by atoms with Gasteiger partial charge in [0.2, 0.25) is 5.91 Å². The number of rotatable bonds is 5. The molecule has 4 rings (SSSR count). The summed E-state index contributed by atoms with van der Waals surface area (Å²) < 4.78 is 5.32. The van der Waals surface area contributed by atoms with E-state index in [1.54, 1.807) is 12.1 Å². The van der Waals surface area contributed by atoms with Crippen molar-refractivity contribution in [1.82, 2.24) is 10.3 Å². The normalized spacial score (nSPS) is 13.0. The van der Waals surface area contributed by atoms with Gasteiger partial charge >= 0.3 is 0 Å². The number of fused-ring (bicyclic) bond motifs is 2. The van der Waals surface area contributed by atoms with Crippen LogP contribution >= 0.6 is 0 Å². The zero-order chi connectivity index (χ0) is 17.9. The third-order valence-electron chi connectivity index (χ3n) is 4.43. The van der Waals surface area contributed by atoms with Crippen molar-refractivity contribution in [3.05, 3.63) is 59.8 Å². The molecule has 1 aliphatic rings. The lowest BCUT2D eigenvalue weighted by atomic mass is 10.1. The molecule has 6 heteroatoms. The Morgan fingerprint density at radius 1 is 1.19 bits per heavy atom. The summed E-state index contributed by atoms with van der Waals surface area (Å²) in [6.07, 6.45) is 3.02. The number of carbonyl (C=O) groups excluding carboxylic acids is 2. The Hall–Kier alpha value is -3.28. The molecule has 0 saturated heterocycles. The summed E-state index contributed by atoms with van der Waals surface area (Å²) in [5.74, 6) is 0.402. The number of anilines is 1. The molecule has 0 saturated carbocycles. The van der Waals surface area contributed by atoms with Crippen molar-refractivity contribution in [2.24, 2.45) is 0 Å². The van der Waals surface area contributed by atoms with Gasteiger partial charge in [0.15, 0.2) is 6.61 Å². The van der Waals surface area contributed by atoms with E-state index in [1.165, 1.54) is 10.9 Å². The summed E-state index contributed by atoms with van der Waals surface area (Å²) in [5, 5.41) is 6.89. The Balaban J connectivity index is 1.33. The number of hydrogen-bond donors (Lipinski definition) is 3. The number of para-hydroxylation sites is 1. The maximum atomic E-state index is 12.2. The summed E-state index contributed by atoms with van der Waals surface area (Å²) in [6, 6.07) is 13.5. The largest absolute Gasteiger partial charge is 0.482 e. The second kappa shape index (κ2) is 6.92. The summed E-state index contributed by atoms with van der Waals surface area (Å²) >= 11 is 0. The van der Waals surface area contributed by atoms with Gasteiger partial charge in [0.05, 0.1) is 12.1 Å². The second-order valence-electron chi connectivity index (χ2n) is 6.30. The number of nitrogens with one attached hydrogen (secondary N) is 3. The molecule has 0 bridgehead atoms. The van der Waals surface area contributed by atoms with E-state index < -0.39 is 0 Å². The quantitative estimate of drug-likeness (QED) is 0.661. The maximum absolute atomic E-state index is 12.2. The van der Waals surface area contributed by atoms with Crippen molar-refractivity contribution in [3.63, 3.8) is 0 Å². The first kappa shape index (κ1) is 16.2. The molecule has 2 heterocycles. The van der Waals surface area contributed by atoms with Crippen LogP contribution in [-0.2, 0) is 22.4 Å². The molecule has 0 radical (unpaired) electrons. The van der Waals surface area contributed by atoms with E-state index in [0.717, 1.165) is 17.5 Å². The van der Waals surface area contributed by atoms with Crippen LogP contribution in [0.2, 0.25) is 0 Å². The second-order valence-corrected chi connectivity index (χ2v) is 6.30. The van der Waals surface area contributed by atoms with Crippen molar-refractivity contribution >= 4 is 28.4 Å². The Labute approximate surface area is 150 Å². The average Bonchev–Trinajstić information content (AvgIpc) is 3.05. The Bertz CT molecular complexity index is 977. The van der Waals surface area contributed by atoms with Gasteiger partial charge in [-0.15, -0.1) is 0 Å². The molecule has 3 N–H and O–H groups in total. The van der Waals surface area contributed by atoms with Crippen LogP contribution in [0.1, 0.15) is 11.1 Å². The van der Waals surface area contributed by atoms with Gasteiger partial charge in [-0.25, -0.2) is 0 Å². The minimum atomic E-state index is -0.183. The van der Waals surface area contributed by atoms with Crippen LogP contribution in [-0.4, -0.2) is 29.9 Å². The summed E-state index contributed by atoms with van der Waals surface area (Å²) in [6.45, 7) is 0.603. The third kappa shape index (κ3) is 3.39. The van der Waals surface area contributed by atoms with Gasteiger partial charge in [-0.2, -0.15) is 0 Å². The van der Waals surface area contributed by atoms with Crippen LogP contribution in [0.4, 0.5) is 5.69 Å². The Morgan fingerprint density at radius 2 is 2.08 bits per heavy atom. The van der Waals surface area contributed by atoms with E-state index >= 15 is 0 Å². The molecule has 3 aromatic rings. The van der Waals surface area contributed by atoms with Crippen molar-refractivity contribution in [2.45, 2.75) is 12.8 Å². The van der Waals surface area contributed by atoms with Crippen molar-refractivity contribution in [2.75, 3.05) is 18.5 Å². The van der Waals surface area contributed by atoms with Crippen LogP contribution in [0.5, 0.6) is 5.75 Å². The van der Waals surface area contributed by atoms with Gasteiger partial charge in [0.1, 0.15) is 5.75 Å². The molecule has 0 fully saturated rings. The number of ether oxygens (including phenoxy) is 1. The topological polar surface area (TPSA) is 83.2 Å². The van der Waals surface area contributed by atoms with Gasteiger partial charge in [-0.05, 0) is 35.7 Å². The van der Waals surface area contributed by atoms with E-state index in [2.05, 4.69) is 21.7 Å². The minimum Gasteiger partial charge on any atom is -0.482 e. The highest BCUT2D eigenvalue weighted by Gasteiger charge is 2.16. The van der Waals surface area contributed by atoms with Crippen LogP contribution in [0.3, 0.4) is 0 Å². The van der Waals surface area contributed by atoms with Crippen molar-refractivity contribution in [1.29, 1.82) is 0 Å². The lowest BCUT2D eigenvalue weighted by molar-refractivity contribution is -0.120. The fourth-order valence-corrected chi connectivity index (χ4v) is 3.16. The lowest BCUT2D eigenvalue weighted by Crippen LogP contribution is -2.28. The van der Waals surface area contributed by atoms with Crippen LogP contribution in [0.15, 0.2) is 48.7 Å². The molecule has 0 atom stereocenters. The molecule has 2 aromatic carbocycles. The molecular formula is C20H19N3O3. The van der Waals surface area contributed by atoms with E-state index in [4.69, 9.17) is 4.74 Å². The van der Waals surface area contributed by atoms with E-state index in [-0.39, 0.29) is 24.8 Å². The zero-order valence-electron chi connectivity index (χ0n) is 14.2. The molecule has 0 aliphatic carbocycles. The van der Waals surface area contributed by atoms with Crippen LogP contribution in [0.25, 0.3) is 10.9 Å². The van der Waals surface area contributed by atoms with Crippen LogP contribution in [0, 0.1) is 0 Å². The van der Waals surface area contributed by atoms with Crippen molar-refractivity contribution in [3.8, 4) is 5.75 Å². The van der Waals surface area contributed by atoms with Crippen molar-refractivity contribution < 1.29 is 14.3 Å². The first-order chi connectivity index (χ1) is 12.7. The van der Waals surface area contributed by atoms with Gasteiger partial charge < -0.3 is 20.4 Å². The number of aromatic amines is 1. The first-order valence-electron chi connectivity index (χ1n) is 8.56. The highest BCUT2D eigenvalue weighted by atomic mass is 16.5. The fourth-order valence-electron chi connectivity index (χ4n) is 3.16.